The number of nitrogens with zero attached hydrogens (tertiary/aromatic N) is 1. The quantitative estimate of drug-likeness (QED) is 0.245. The number of ketones is 2. The van der Waals surface area contributed by atoms with Gasteiger partial charge in [-0.2, -0.15) is 0 Å². The van der Waals surface area contributed by atoms with Gasteiger partial charge < -0.3 is 5.73 Å². The number of para-hydroxylation sites is 1. The summed E-state index contributed by atoms with van der Waals surface area (Å²) >= 11 is 7.06. The average Bonchev–Trinajstić information content (AvgIpc) is 2.55. The molecule has 136 valence electrons. The van der Waals surface area contributed by atoms with E-state index in [0.29, 0.717) is 21.2 Å². The standard InChI is InChI=1S/C18H17ClN2O4S/c1-10(22)17(11(2)23)18(13-5-3-4-6-15(13)21(24)25)26-16-8-7-12(19)9-14(16)20/h3-9,17-18H,20H2,1-2H3. The molecule has 0 amide bonds. The number of halogens is 1. The zero-order valence-electron chi connectivity index (χ0n) is 14.1. The number of benzene rings is 2. The molecule has 1 unspecified atom stereocenters. The lowest BCUT2D eigenvalue weighted by Gasteiger charge is -2.24. The number of nitrogen functional groups attached to an aromatic ring is 1. The fourth-order valence-corrected chi connectivity index (χ4v) is 4.32. The van der Waals surface area contributed by atoms with E-state index >= 15 is 0 Å². The van der Waals surface area contributed by atoms with Crippen LogP contribution in [0.4, 0.5) is 11.4 Å². The summed E-state index contributed by atoms with van der Waals surface area (Å²) in [6.45, 7) is 2.61. The molecule has 0 spiro atoms. The zero-order valence-corrected chi connectivity index (χ0v) is 15.7. The maximum atomic E-state index is 12.2. The van der Waals surface area contributed by atoms with Gasteiger partial charge in [-0.3, -0.25) is 19.7 Å². The summed E-state index contributed by atoms with van der Waals surface area (Å²) < 4.78 is 0. The van der Waals surface area contributed by atoms with Crippen molar-refractivity contribution < 1.29 is 14.5 Å². The minimum absolute atomic E-state index is 0.148. The van der Waals surface area contributed by atoms with Gasteiger partial charge in [-0.1, -0.05) is 29.8 Å². The minimum atomic E-state index is -1.03. The van der Waals surface area contributed by atoms with E-state index in [1.54, 1.807) is 30.3 Å². The molecule has 26 heavy (non-hydrogen) atoms. The summed E-state index contributed by atoms with van der Waals surface area (Å²) in [7, 11) is 0. The highest BCUT2D eigenvalue weighted by Crippen LogP contribution is 2.46. The van der Waals surface area contributed by atoms with Crippen LogP contribution in [0.2, 0.25) is 5.02 Å². The van der Waals surface area contributed by atoms with Gasteiger partial charge in [0, 0.05) is 27.2 Å². The Morgan fingerprint density at radius 3 is 2.31 bits per heavy atom. The van der Waals surface area contributed by atoms with Gasteiger partial charge in [0.25, 0.3) is 5.69 Å². The van der Waals surface area contributed by atoms with E-state index in [1.165, 1.54) is 26.0 Å². The minimum Gasteiger partial charge on any atom is -0.398 e. The number of carbonyl (C=O) groups excluding carboxylic acids is 2. The van der Waals surface area contributed by atoms with Gasteiger partial charge in [0.05, 0.1) is 16.1 Å². The van der Waals surface area contributed by atoms with E-state index in [9.17, 15) is 19.7 Å². The Bertz CT molecular complexity index is 858. The van der Waals surface area contributed by atoms with Crippen molar-refractivity contribution in [2.75, 3.05) is 5.73 Å². The molecule has 2 N–H and O–H groups in total. The van der Waals surface area contributed by atoms with Crippen molar-refractivity contribution >= 4 is 46.3 Å². The number of nitrogens with two attached hydrogens (primary N) is 1. The van der Waals surface area contributed by atoms with E-state index in [0.717, 1.165) is 11.8 Å². The number of thioether (sulfide) groups is 1. The van der Waals surface area contributed by atoms with Gasteiger partial charge in [0.1, 0.15) is 11.6 Å². The fraction of sp³-hybridized carbons (Fsp3) is 0.222. The van der Waals surface area contributed by atoms with E-state index in [1.807, 2.05) is 0 Å². The van der Waals surface area contributed by atoms with Crippen LogP contribution in [-0.2, 0) is 9.59 Å². The summed E-state index contributed by atoms with van der Waals surface area (Å²) in [5, 5.41) is 11.1. The van der Waals surface area contributed by atoms with E-state index in [-0.39, 0.29) is 17.3 Å². The molecule has 2 aromatic carbocycles. The third-order valence-electron chi connectivity index (χ3n) is 3.84. The molecular weight excluding hydrogens is 376 g/mol. The molecule has 0 aliphatic rings. The van der Waals surface area contributed by atoms with Crippen LogP contribution in [0.15, 0.2) is 47.4 Å². The van der Waals surface area contributed by atoms with Crippen molar-refractivity contribution in [1.82, 2.24) is 0 Å². The lowest BCUT2D eigenvalue weighted by Crippen LogP contribution is -2.26. The number of anilines is 1. The van der Waals surface area contributed by atoms with Crippen LogP contribution < -0.4 is 5.73 Å². The summed E-state index contributed by atoms with van der Waals surface area (Å²) in [6.07, 6.45) is 0. The molecule has 0 saturated heterocycles. The van der Waals surface area contributed by atoms with Crippen molar-refractivity contribution in [2.45, 2.75) is 24.0 Å². The maximum Gasteiger partial charge on any atom is 0.273 e. The summed E-state index contributed by atoms with van der Waals surface area (Å²) in [6, 6.07) is 10.9. The second-order valence-corrected chi connectivity index (χ2v) is 7.36. The molecule has 2 aromatic rings. The molecule has 0 aliphatic carbocycles. The van der Waals surface area contributed by atoms with Crippen molar-refractivity contribution in [1.29, 1.82) is 0 Å². The first-order chi connectivity index (χ1) is 12.2. The lowest BCUT2D eigenvalue weighted by molar-refractivity contribution is -0.385. The van der Waals surface area contributed by atoms with E-state index in [2.05, 4.69) is 0 Å². The molecule has 6 nitrogen and oxygen atoms in total. The van der Waals surface area contributed by atoms with E-state index in [4.69, 9.17) is 17.3 Å². The molecular formula is C18H17ClN2O4S. The molecule has 8 heteroatoms. The number of nitro benzene ring substituents is 1. The Morgan fingerprint density at radius 2 is 1.77 bits per heavy atom. The molecule has 1 atom stereocenters. The van der Waals surface area contributed by atoms with Crippen LogP contribution >= 0.6 is 23.4 Å². The van der Waals surface area contributed by atoms with Crippen LogP contribution in [0, 0.1) is 16.0 Å². The monoisotopic (exact) mass is 392 g/mol. The first-order valence-corrected chi connectivity index (χ1v) is 8.94. The topological polar surface area (TPSA) is 103 Å². The second kappa shape index (κ2) is 8.33. The fourth-order valence-electron chi connectivity index (χ4n) is 2.68. The van der Waals surface area contributed by atoms with Crippen molar-refractivity contribution in [2.24, 2.45) is 5.92 Å². The maximum absolute atomic E-state index is 12.2. The Labute approximate surface area is 159 Å². The SMILES string of the molecule is CC(=O)C(C(C)=O)C(Sc1ccc(Cl)cc1N)c1ccccc1[N+](=O)[O-]. The predicted molar refractivity (Wildman–Crippen MR) is 102 cm³/mol. The third kappa shape index (κ3) is 4.42. The number of hydrogen-bond donors (Lipinski definition) is 1. The normalized spacial score (nSPS) is 12.0. The lowest BCUT2D eigenvalue weighted by atomic mass is 9.91. The van der Waals surface area contributed by atoms with Gasteiger partial charge >= 0.3 is 0 Å². The highest BCUT2D eigenvalue weighted by molar-refractivity contribution is 7.99. The smallest absolute Gasteiger partial charge is 0.273 e. The second-order valence-electron chi connectivity index (χ2n) is 5.74. The van der Waals surface area contributed by atoms with Crippen molar-refractivity contribution in [3.8, 4) is 0 Å². The molecule has 0 aromatic heterocycles. The highest BCUT2D eigenvalue weighted by Gasteiger charge is 2.36. The Hall–Kier alpha value is -2.38. The summed E-state index contributed by atoms with van der Waals surface area (Å²) in [5.74, 6) is -1.75. The van der Waals surface area contributed by atoms with Crippen LogP contribution in [0.1, 0.15) is 24.7 Å². The van der Waals surface area contributed by atoms with E-state index < -0.39 is 16.1 Å². The van der Waals surface area contributed by atoms with Gasteiger partial charge in [0.2, 0.25) is 0 Å². The summed E-state index contributed by atoms with van der Waals surface area (Å²) in [4.78, 5) is 35.8. The number of carbonyl (C=O) groups is 2. The molecule has 0 radical (unpaired) electrons. The van der Waals surface area contributed by atoms with Crippen molar-refractivity contribution in [3.63, 3.8) is 0 Å². The zero-order chi connectivity index (χ0) is 19.4. The number of nitro groups is 1. The summed E-state index contributed by atoms with van der Waals surface area (Å²) in [5.41, 5.74) is 6.51. The Kier molecular flexibility index (Phi) is 6.39. The van der Waals surface area contributed by atoms with Crippen LogP contribution in [0.25, 0.3) is 0 Å². The van der Waals surface area contributed by atoms with Gasteiger partial charge in [-0.05, 0) is 32.0 Å². The van der Waals surface area contributed by atoms with Gasteiger partial charge in [0.15, 0.2) is 0 Å². The van der Waals surface area contributed by atoms with Gasteiger partial charge in [-0.15, -0.1) is 11.8 Å². The van der Waals surface area contributed by atoms with Crippen LogP contribution in [-0.4, -0.2) is 16.5 Å². The number of rotatable bonds is 7. The first kappa shape index (κ1) is 19.9. The van der Waals surface area contributed by atoms with Crippen LogP contribution in [0.3, 0.4) is 0 Å². The van der Waals surface area contributed by atoms with Gasteiger partial charge in [-0.25, -0.2) is 0 Å². The largest absolute Gasteiger partial charge is 0.398 e. The predicted octanol–water partition coefficient (Wildman–Crippen LogP) is 4.46. The Morgan fingerprint density at radius 1 is 1.15 bits per heavy atom. The third-order valence-corrected chi connectivity index (χ3v) is 5.49. The molecule has 0 bridgehead atoms. The number of Topliss-reactive ketones (excluding diaryl/α,β-unsaturated/α-hetero) is 2. The number of hydrogen-bond acceptors (Lipinski definition) is 6. The molecule has 2 rings (SSSR count). The molecule has 0 heterocycles. The molecule has 0 saturated carbocycles. The van der Waals surface area contributed by atoms with Crippen molar-refractivity contribution in [3.05, 3.63) is 63.2 Å². The van der Waals surface area contributed by atoms with Crippen LogP contribution in [0.5, 0.6) is 0 Å². The first-order valence-electron chi connectivity index (χ1n) is 7.68. The highest BCUT2D eigenvalue weighted by atomic mass is 35.5. The molecule has 0 aliphatic heterocycles. The average molecular weight is 393 g/mol. The Balaban J connectivity index is 2.61. The molecule has 0 fully saturated rings.